The number of hydrogen-bond donors (Lipinski definition) is 1. The molecule has 2 amide bonds. The summed E-state index contributed by atoms with van der Waals surface area (Å²) in [4.78, 5) is 14.5. The Hall–Kier alpha value is -2.81. The van der Waals surface area contributed by atoms with Gasteiger partial charge in [0.15, 0.2) is 0 Å². The van der Waals surface area contributed by atoms with Gasteiger partial charge in [0.25, 0.3) is 0 Å². The van der Waals surface area contributed by atoms with Crippen LogP contribution in [0.2, 0.25) is 10.0 Å². The summed E-state index contributed by atoms with van der Waals surface area (Å²) in [6, 6.07) is 15.2. The van der Waals surface area contributed by atoms with Crippen molar-refractivity contribution in [1.29, 1.82) is 0 Å². The van der Waals surface area contributed by atoms with Crippen LogP contribution >= 0.6 is 23.2 Å². The standard InChI is InChI=1S/C24H23Cl2FN2O4S/c1-3-16(2)29(24(30)28-23-21(25)5-4-6-22(23)26)15-17-7-11-19(12-8-17)33-34(31,32)20-13-9-18(27)10-14-20/h4-14,16H,3,15H2,1-2H3,(H,28,30). The van der Waals surface area contributed by atoms with E-state index in [1.165, 1.54) is 12.1 Å². The molecule has 0 bridgehead atoms. The van der Waals surface area contributed by atoms with Crippen LogP contribution in [0.3, 0.4) is 0 Å². The first kappa shape index (κ1) is 25.8. The molecule has 6 nitrogen and oxygen atoms in total. The summed E-state index contributed by atoms with van der Waals surface area (Å²) in [5.74, 6) is -0.453. The number of carbonyl (C=O) groups excluding carboxylic acids is 1. The highest BCUT2D eigenvalue weighted by Gasteiger charge is 2.22. The van der Waals surface area contributed by atoms with Crippen molar-refractivity contribution in [2.45, 2.75) is 37.8 Å². The molecule has 0 aliphatic rings. The van der Waals surface area contributed by atoms with E-state index >= 15 is 0 Å². The molecule has 0 spiro atoms. The fraction of sp³-hybridized carbons (Fsp3) is 0.208. The van der Waals surface area contributed by atoms with Gasteiger partial charge < -0.3 is 14.4 Å². The van der Waals surface area contributed by atoms with E-state index in [0.29, 0.717) is 22.2 Å². The number of nitrogens with zero attached hydrogens (tertiary/aromatic N) is 1. The zero-order valence-corrected chi connectivity index (χ0v) is 20.8. The Morgan fingerprint density at radius 2 is 1.62 bits per heavy atom. The van der Waals surface area contributed by atoms with Crippen molar-refractivity contribution in [3.8, 4) is 5.75 Å². The van der Waals surface area contributed by atoms with Gasteiger partial charge in [-0.1, -0.05) is 48.3 Å². The molecule has 1 unspecified atom stereocenters. The Morgan fingerprint density at radius 1 is 1.03 bits per heavy atom. The molecule has 10 heteroatoms. The zero-order chi connectivity index (χ0) is 24.9. The van der Waals surface area contributed by atoms with Crippen molar-refractivity contribution in [3.63, 3.8) is 0 Å². The van der Waals surface area contributed by atoms with Crippen molar-refractivity contribution in [3.05, 3.63) is 88.2 Å². The number of amides is 2. The van der Waals surface area contributed by atoms with E-state index in [-0.39, 0.29) is 29.3 Å². The highest BCUT2D eigenvalue weighted by Crippen LogP contribution is 2.30. The third kappa shape index (κ3) is 6.40. The second kappa shape index (κ2) is 11.1. The van der Waals surface area contributed by atoms with Crippen molar-refractivity contribution in [1.82, 2.24) is 4.90 Å². The zero-order valence-electron chi connectivity index (χ0n) is 18.5. The van der Waals surface area contributed by atoms with Crippen LogP contribution in [0.25, 0.3) is 0 Å². The van der Waals surface area contributed by atoms with Gasteiger partial charge in [0.2, 0.25) is 0 Å². The molecule has 0 saturated carbocycles. The van der Waals surface area contributed by atoms with Gasteiger partial charge in [0, 0.05) is 12.6 Å². The molecule has 3 rings (SSSR count). The molecule has 1 N–H and O–H groups in total. The van der Waals surface area contributed by atoms with Crippen molar-refractivity contribution >= 4 is 45.0 Å². The van der Waals surface area contributed by atoms with Crippen LogP contribution in [0, 0.1) is 5.82 Å². The fourth-order valence-corrected chi connectivity index (χ4v) is 4.49. The van der Waals surface area contributed by atoms with Crippen LogP contribution in [-0.2, 0) is 16.7 Å². The SMILES string of the molecule is CCC(C)N(Cc1ccc(OS(=O)(=O)c2ccc(F)cc2)cc1)C(=O)Nc1c(Cl)cccc1Cl. The quantitative estimate of drug-likeness (QED) is 0.331. The van der Waals surface area contributed by atoms with E-state index in [9.17, 15) is 17.6 Å². The minimum Gasteiger partial charge on any atom is -0.379 e. The average molecular weight is 525 g/mol. The number of carbonyl (C=O) groups is 1. The van der Waals surface area contributed by atoms with E-state index in [4.69, 9.17) is 27.4 Å². The molecule has 0 radical (unpaired) electrons. The highest BCUT2D eigenvalue weighted by atomic mass is 35.5. The van der Waals surface area contributed by atoms with Crippen LogP contribution in [-0.4, -0.2) is 25.4 Å². The first-order chi connectivity index (χ1) is 16.1. The van der Waals surface area contributed by atoms with Crippen LogP contribution in [0.4, 0.5) is 14.9 Å². The number of urea groups is 1. The maximum Gasteiger partial charge on any atom is 0.339 e. The summed E-state index contributed by atoms with van der Waals surface area (Å²) in [5.41, 5.74) is 1.09. The predicted molar refractivity (Wildman–Crippen MR) is 131 cm³/mol. The van der Waals surface area contributed by atoms with Gasteiger partial charge in [-0.05, 0) is 67.4 Å². The molecule has 0 heterocycles. The number of rotatable bonds is 8. The largest absolute Gasteiger partial charge is 0.379 e. The lowest BCUT2D eigenvalue weighted by Gasteiger charge is -2.29. The second-order valence-electron chi connectivity index (χ2n) is 7.55. The lowest BCUT2D eigenvalue weighted by atomic mass is 10.1. The Bertz CT molecular complexity index is 1230. The minimum absolute atomic E-state index is 0.0930. The van der Waals surface area contributed by atoms with Crippen molar-refractivity contribution in [2.75, 3.05) is 5.32 Å². The molecule has 3 aromatic carbocycles. The normalized spacial score (nSPS) is 12.1. The molecule has 0 fully saturated rings. The predicted octanol–water partition coefficient (Wildman–Crippen LogP) is 6.73. The van der Waals surface area contributed by atoms with E-state index < -0.39 is 15.9 Å². The molecule has 3 aromatic rings. The Kier molecular flexibility index (Phi) is 8.41. The van der Waals surface area contributed by atoms with E-state index in [2.05, 4.69) is 5.32 Å². The number of nitrogens with one attached hydrogen (secondary N) is 1. The maximum atomic E-state index is 13.1. The van der Waals surface area contributed by atoms with Crippen LogP contribution in [0.1, 0.15) is 25.8 Å². The number of benzene rings is 3. The van der Waals surface area contributed by atoms with Gasteiger partial charge in [0.1, 0.15) is 16.5 Å². The molecule has 0 saturated heterocycles. The van der Waals surface area contributed by atoms with Crippen LogP contribution in [0.5, 0.6) is 5.75 Å². The van der Waals surface area contributed by atoms with Crippen LogP contribution in [0.15, 0.2) is 71.6 Å². The molecule has 1 atom stereocenters. The van der Waals surface area contributed by atoms with E-state index in [0.717, 1.165) is 29.8 Å². The van der Waals surface area contributed by atoms with Crippen molar-refractivity contribution < 1.29 is 21.8 Å². The molecular weight excluding hydrogens is 502 g/mol. The molecular formula is C24H23Cl2FN2O4S. The van der Waals surface area contributed by atoms with Gasteiger partial charge in [-0.3, -0.25) is 0 Å². The smallest absolute Gasteiger partial charge is 0.339 e. The molecule has 0 aliphatic carbocycles. The Balaban J connectivity index is 1.74. The Labute approximate surface area is 208 Å². The number of anilines is 1. The molecule has 180 valence electrons. The number of hydrogen-bond acceptors (Lipinski definition) is 4. The first-order valence-electron chi connectivity index (χ1n) is 10.4. The average Bonchev–Trinajstić information content (AvgIpc) is 2.80. The monoisotopic (exact) mass is 524 g/mol. The van der Waals surface area contributed by atoms with E-state index in [1.807, 2.05) is 13.8 Å². The van der Waals surface area contributed by atoms with Crippen LogP contribution < -0.4 is 9.50 Å². The number of para-hydroxylation sites is 1. The lowest BCUT2D eigenvalue weighted by molar-refractivity contribution is 0.187. The summed E-state index contributed by atoms with van der Waals surface area (Å²) in [6.45, 7) is 4.14. The Morgan fingerprint density at radius 3 is 2.18 bits per heavy atom. The number of halogens is 3. The summed E-state index contributed by atoms with van der Waals surface area (Å²) >= 11 is 12.3. The maximum absolute atomic E-state index is 13.1. The minimum atomic E-state index is -4.11. The molecule has 0 aromatic heterocycles. The van der Waals surface area contributed by atoms with Gasteiger partial charge >= 0.3 is 16.1 Å². The third-order valence-corrected chi connectivity index (χ3v) is 7.05. The van der Waals surface area contributed by atoms with Gasteiger partial charge in [0.05, 0.1) is 15.7 Å². The summed E-state index contributed by atoms with van der Waals surface area (Å²) in [5, 5.41) is 3.43. The van der Waals surface area contributed by atoms with Gasteiger partial charge in [-0.25, -0.2) is 9.18 Å². The second-order valence-corrected chi connectivity index (χ2v) is 9.91. The van der Waals surface area contributed by atoms with Gasteiger partial charge in [-0.15, -0.1) is 0 Å². The molecule has 0 aliphatic heterocycles. The van der Waals surface area contributed by atoms with Gasteiger partial charge in [-0.2, -0.15) is 8.42 Å². The lowest BCUT2D eigenvalue weighted by Crippen LogP contribution is -2.40. The van der Waals surface area contributed by atoms with Crippen molar-refractivity contribution in [2.24, 2.45) is 0 Å². The highest BCUT2D eigenvalue weighted by molar-refractivity contribution is 7.87. The summed E-state index contributed by atoms with van der Waals surface area (Å²) < 4.78 is 43.0. The topological polar surface area (TPSA) is 75.7 Å². The summed E-state index contributed by atoms with van der Waals surface area (Å²) in [6.07, 6.45) is 0.709. The first-order valence-corrected chi connectivity index (χ1v) is 12.6. The molecule has 34 heavy (non-hydrogen) atoms. The summed E-state index contributed by atoms with van der Waals surface area (Å²) in [7, 11) is -4.11. The third-order valence-electron chi connectivity index (χ3n) is 5.16. The van der Waals surface area contributed by atoms with E-state index in [1.54, 1.807) is 35.2 Å². The fourth-order valence-electron chi connectivity index (χ4n) is 3.07.